The molecule has 1 aliphatic heterocycles. The first-order valence-electron chi connectivity index (χ1n) is 8.94. The number of hydrogen-bond donors (Lipinski definition) is 2. The van der Waals surface area contributed by atoms with Crippen LogP contribution < -0.4 is 10.6 Å². The van der Waals surface area contributed by atoms with E-state index < -0.39 is 0 Å². The predicted molar refractivity (Wildman–Crippen MR) is 97.8 cm³/mol. The van der Waals surface area contributed by atoms with Crippen molar-refractivity contribution in [2.75, 3.05) is 19.6 Å². The second kappa shape index (κ2) is 6.92. The minimum absolute atomic E-state index is 0.0659. The largest absolute Gasteiger partial charge is 0.441 e. The molecule has 1 amide bonds. The van der Waals surface area contributed by atoms with Crippen molar-refractivity contribution in [1.82, 2.24) is 25.4 Å². The number of nitrogens with one attached hydrogen (secondary N) is 2. The zero-order valence-electron chi connectivity index (χ0n) is 15.0. The van der Waals surface area contributed by atoms with E-state index in [-0.39, 0.29) is 17.7 Å². The Kier molecular flexibility index (Phi) is 4.46. The summed E-state index contributed by atoms with van der Waals surface area (Å²) < 4.78 is 7.54. The van der Waals surface area contributed by atoms with E-state index >= 15 is 0 Å². The zero-order chi connectivity index (χ0) is 18.1. The van der Waals surface area contributed by atoms with Crippen molar-refractivity contribution in [2.45, 2.75) is 19.3 Å². The Morgan fingerprint density at radius 3 is 3.08 bits per heavy atom. The normalized spacial score (nSPS) is 19.9. The quantitative estimate of drug-likeness (QED) is 0.727. The molecular weight excluding hydrogens is 330 g/mol. The smallest absolute Gasteiger partial charge is 0.225 e. The number of carbonyl (C=O) groups is 1. The van der Waals surface area contributed by atoms with Crippen LogP contribution in [0, 0.1) is 12.8 Å². The number of nitrogens with zero attached hydrogens (tertiary/aromatic N) is 3. The Labute approximate surface area is 151 Å². The molecule has 0 saturated carbocycles. The molecule has 2 atom stereocenters. The van der Waals surface area contributed by atoms with E-state index in [1.165, 1.54) is 0 Å². The summed E-state index contributed by atoms with van der Waals surface area (Å²) >= 11 is 0. The van der Waals surface area contributed by atoms with Crippen LogP contribution in [-0.2, 0) is 18.3 Å². The first-order valence-corrected chi connectivity index (χ1v) is 8.94. The molecule has 0 radical (unpaired) electrons. The van der Waals surface area contributed by atoms with Crippen molar-refractivity contribution in [3.05, 3.63) is 47.6 Å². The maximum Gasteiger partial charge on any atom is 0.225 e. The summed E-state index contributed by atoms with van der Waals surface area (Å²) in [7, 11) is 1.89. The molecule has 3 heterocycles. The van der Waals surface area contributed by atoms with Gasteiger partial charge < -0.3 is 15.1 Å². The molecule has 2 aromatic heterocycles. The van der Waals surface area contributed by atoms with Crippen LogP contribution in [0.2, 0.25) is 0 Å². The highest BCUT2D eigenvalue weighted by Crippen LogP contribution is 2.27. The molecule has 136 valence electrons. The summed E-state index contributed by atoms with van der Waals surface area (Å²) in [4.78, 5) is 17.2. The van der Waals surface area contributed by atoms with Crippen LogP contribution in [0.5, 0.6) is 0 Å². The maximum absolute atomic E-state index is 12.6. The number of benzene rings is 1. The minimum Gasteiger partial charge on any atom is -0.441 e. The molecule has 1 saturated heterocycles. The fraction of sp³-hybridized carbons (Fsp3) is 0.421. The SMILES string of the molecule is Cc1cccc2oc(CCNC(=O)[C@H]3CNC[C@@H]3c3cnn(C)c3)nc12. The van der Waals surface area contributed by atoms with Gasteiger partial charge >= 0.3 is 0 Å². The van der Waals surface area contributed by atoms with Crippen molar-refractivity contribution in [3.63, 3.8) is 0 Å². The van der Waals surface area contributed by atoms with Gasteiger partial charge in [0.15, 0.2) is 11.5 Å². The molecule has 7 nitrogen and oxygen atoms in total. The van der Waals surface area contributed by atoms with Gasteiger partial charge in [-0.1, -0.05) is 12.1 Å². The molecule has 1 aromatic carbocycles. The van der Waals surface area contributed by atoms with Crippen molar-refractivity contribution >= 4 is 17.0 Å². The summed E-state index contributed by atoms with van der Waals surface area (Å²) in [6.45, 7) is 4.02. The predicted octanol–water partition coefficient (Wildman–Crippen LogP) is 1.53. The van der Waals surface area contributed by atoms with Crippen LogP contribution in [0.3, 0.4) is 0 Å². The lowest BCUT2D eigenvalue weighted by Gasteiger charge is -2.16. The van der Waals surface area contributed by atoms with Crippen LogP contribution in [-0.4, -0.2) is 40.3 Å². The van der Waals surface area contributed by atoms with E-state index in [0.29, 0.717) is 25.4 Å². The van der Waals surface area contributed by atoms with E-state index in [2.05, 4.69) is 20.7 Å². The molecule has 0 unspecified atom stereocenters. The number of hydrogen-bond acceptors (Lipinski definition) is 5. The average Bonchev–Trinajstić information content (AvgIpc) is 3.33. The van der Waals surface area contributed by atoms with Gasteiger partial charge in [0, 0.05) is 45.2 Å². The summed E-state index contributed by atoms with van der Waals surface area (Å²) in [5, 5.41) is 10.6. The molecule has 2 N–H and O–H groups in total. The second-order valence-corrected chi connectivity index (χ2v) is 6.89. The lowest BCUT2D eigenvalue weighted by Crippen LogP contribution is -2.35. The van der Waals surface area contributed by atoms with Gasteiger partial charge in [0.25, 0.3) is 0 Å². The Morgan fingerprint density at radius 2 is 2.31 bits per heavy atom. The highest BCUT2D eigenvalue weighted by Gasteiger charge is 2.34. The van der Waals surface area contributed by atoms with E-state index in [1.54, 1.807) is 4.68 Å². The molecular formula is C19H23N5O2. The van der Waals surface area contributed by atoms with Crippen LogP contribution in [0.4, 0.5) is 0 Å². The van der Waals surface area contributed by atoms with Gasteiger partial charge in [0.2, 0.25) is 5.91 Å². The standard InChI is InChI=1S/C19H23N5O2/c1-12-4-3-5-16-18(12)23-17(26-16)6-7-21-19(25)15-10-20-9-14(15)13-8-22-24(2)11-13/h3-5,8,11,14-15,20H,6-7,9-10H2,1-2H3,(H,21,25)/t14-,15+/m1/s1. The van der Waals surface area contributed by atoms with Crippen LogP contribution >= 0.6 is 0 Å². The Hall–Kier alpha value is -2.67. The second-order valence-electron chi connectivity index (χ2n) is 6.89. The van der Waals surface area contributed by atoms with E-state index in [9.17, 15) is 4.79 Å². The Morgan fingerprint density at radius 1 is 1.42 bits per heavy atom. The van der Waals surface area contributed by atoms with Gasteiger partial charge in [0.05, 0.1) is 12.1 Å². The minimum atomic E-state index is -0.0786. The van der Waals surface area contributed by atoms with Crippen molar-refractivity contribution in [2.24, 2.45) is 13.0 Å². The van der Waals surface area contributed by atoms with Crippen molar-refractivity contribution in [1.29, 1.82) is 0 Å². The third-order valence-electron chi connectivity index (χ3n) is 5.01. The molecule has 1 fully saturated rings. The van der Waals surface area contributed by atoms with Gasteiger partial charge in [0.1, 0.15) is 5.52 Å². The fourth-order valence-corrected chi connectivity index (χ4v) is 3.60. The summed E-state index contributed by atoms with van der Waals surface area (Å²) in [5.74, 6) is 0.805. The summed E-state index contributed by atoms with van der Waals surface area (Å²) in [6.07, 6.45) is 4.41. The number of aromatic nitrogens is 3. The lowest BCUT2D eigenvalue weighted by atomic mass is 9.90. The molecule has 0 bridgehead atoms. The number of amides is 1. The number of fused-ring (bicyclic) bond motifs is 1. The molecule has 3 aromatic rings. The Balaban J connectivity index is 1.36. The third-order valence-corrected chi connectivity index (χ3v) is 5.01. The number of rotatable bonds is 5. The van der Waals surface area contributed by atoms with E-state index in [1.807, 2.05) is 44.6 Å². The van der Waals surface area contributed by atoms with Crippen molar-refractivity contribution < 1.29 is 9.21 Å². The van der Waals surface area contributed by atoms with E-state index in [0.717, 1.165) is 28.8 Å². The highest BCUT2D eigenvalue weighted by molar-refractivity contribution is 5.80. The fourth-order valence-electron chi connectivity index (χ4n) is 3.60. The molecule has 1 aliphatic rings. The molecule has 0 aliphatic carbocycles. The topological polar surface area (TPSA) is 85.0 Å². The molecule has 7 heteroatoms. The Bertz CT molecular complexity index is 929. The first kappa shape index (κ1) is 16.8. The molecule has 0 spiro atoms. The monoisotopic (exact) mass is 353 g/mol. The zero-order valence-corrected chi connectivity index (χ0v) is 15.0. The average molecular weight is 353 g/mol. The first-order chi connectivity index (χ1) is 12.6. The van der Waals surface area contributed by atoms with Crippen LogP contribution in [0.15, 0.2) is 35.0 Å². The molecule has 26 heavy (non-hydrogen) atoms. The van der Waals surface area contributed by atoms with Crippen LogP contribution in [0.1, 0.15) is 22.9 Å². The van der Waals surface area contributed by atoms with Gasteiger partial charge in [-0.3, -0.25) is 9.48 Å². The van der Waals surface area contributed by atoms with E-state index in [4.69, 9.17) is 4.42 Å². The number of carbonyl (C=O) groups excluding carboxylic acids is 1. The number of oxazole rings is 1. The summed E-state index contributed by atoms with van der Waals surface area (Å²) in [5.41, 5.74) is 3.89. The van der Waals surface area contributed by atoms with Gasteiger partial charge in [-0.2, -0.15) is 5.10 Å². The number of para-hydroxylation sites is 1. The van der Waals surface area contributed by atoms with Gasteiger partial charge in [-0.25, -0.2) is 4.98 Å². The van der Waals surface area contributed by atoms with Crippen LogP contribution in [0.25, 0.3) is 11.1 Å². The maximum atomic E-state index is 12.6. The highest BCUT2D eigenvalue weighted by atomic mass is 16.3. The molecule has 4 rings (SSSR count). The van der Waals surface area contributed by atoms with Crippen molar-refractivity contribution in [3.8, 4) is 0 Å². The summed E-state index contributed by atoms with van der Waals surface area (Å²) in [6, 6.07) is 5.89. The lowest BCUT2D eigenvalue weighted by molar-refractivity contribution is -0.124. The third kappa shape index (κ3) is 3.22. The van der Waals surface area contributed by atoms with Gasteiger partial charge in [-0.05, 0) is 24.1 Å². The number of aryl methyl sites for hydroxylation is 2. The van der Waals surface area contributed by atoms with Gasteiger partial charge in [-0.15, -0.1) is 0 Å².